The topological polar surface area (TPSA) is 44.8 Å². The molecule has 2 rings (SSSR count). The van der Waals surface area contributed by atoms with Crippen molar-refractivity contribution < 1.29 is 19.3 Å². The van der Waals surface area contributed by atoms with Crippen LogP contribution >= 0.6 is 0 Å². The fourth-order valence-electron chi connectivity index (χ4n) is 2.06. The first-order valence-corrected chi connectivity index (χ1v) is 6.40. The lowest BCUT2D eigenvalue weighted by molar-refractivity contribution is -0.272. The number of rotatable bonds is 5. The molecule has 0 heterocycles. The fraction of sp³-hybridized carbons (Fsp3) is 0.500. The maximum absolute atomic E-state index is 11.9. The first kappa shape index (κ1) is 12.9. The minimum Gasteiger partial charge on any atom is -0.493 e. The molecule has 0 amide bonds. The Morgan fingerprint density at radius 2 is 2.00 bits per heavy atom. The number of ether oxygens (including phenoxy) is 1. The summed E-state index contributed by atoms with van der Waals surface area (Å²) in [5, 5.41) is 0. The number of hydrogen-bond donors (Lipinski definition) is 0. The lowest BCUT2D eigenvalue weighted by Gasteiger charge is -2.11. The van der Waals surface area contributed by atoms with Crippen LogP contribution in [0.15, 0.2) is 24.3 Å². The van der Waals surface area contributed by atoms with Gasteiger partial charge in [-0.15, -0.1) is 0 Å². The van der Waals surface area contributed by atoms with Crippen molar-refractivity contribution in [2.45, 2.75) is 38.7 Å². The maximum Gasteiger partial charge on any atom is 0.376 e. The number of carbonyl (C=O) groups is 1. The third-order valence-electron chi connectivity index (χ3n) is 2.97. The predicted molar refractivity (Wildman–Crippen MR) is 66.4 cm³/mol. The lowest BCUT2D eigenvalue weighted by atomic mass is 10.2. The molecular weight excluding hydrogens is 232 g/mol. The molecule has 1 aromatic carbocycles. The Morgan fingerprint density at radius 3 is 2.72 bits per heavy atom. The molecule has 1 aliphatic rings. The molecular formula is C14H18O4. The number of para-hydroxylation sites is 1. The molecule has 0 N–H and O–H groups in total. The Bertz CT molecular complexity index is 397. The fourth-order valence-corrected chi connectivity index (χ4v) is 2.06. The minimum atomic E-state index is -0.494. The molecule has 0 bridgehead atoms. The van der Waals surface area contributed by atoms with Crippen molar-refractivity contribution in [2.75, 3.05) is 6.61 Å². The molecule has 4 nitrogen and oxygen atoms in total. The van der Waals surface area contributed by atoms with E-state index < -0.39 is 5.97 Å². The first-order valence-electron chi connectivity index (χ1n) is 6.40. The highest BCUT2D eigenvalue weighted by molar-refractivity contribution is 5.92. The third-order valence-corrected chi connectivity index (χ3v) is 2.97. The largest absolute Gasteiger partial charge is 0.493 e. The van der Waals surface area contributed by atoms with Crippen LogP contribution in [0.5, 0.6) is 5.75 Å². The number of benzene rings is 1. The summed E-state index contributed by atoms with van der Waals surface area (Å²) < 4.78 is 5.37. The second kappa shape index (κ2) is 6.40. The zero-order valence-electron chi connectivity index (χ0n) is 10.6. The van der Waals surface area contributed by atoms with E-state index >= 15 is 0 Å². The van der Waals surface area contributed by atoms with E-state index in [0.717, 1.165) is 25.7 Å². The monoisotopic (exact) mass is 250 g/mol. The number of carbonyl (C=O) groups excluding carboxylic acids is 1. The summed E-state index contributed by atoms with van der Waals surface area (Å²) in [6, 6.07) is 7.01. The van der Waals surface area contributed by atoms with Crippen LogP contribution < -0.4 is 4.74 Å². The highest BCUT2D eigenvalue weighted by Gasteiger charge is 2.20. The highest BCUT2D eigenvalue weighted by atomic mass is 17.2. The third kappa shape index (κ3) is 3.23. The van der Waals surface area contributed by atoms with Gasteiger partial charge in [-0.2, -0.15) is 4.89 Å². The van der Waals surface area contributed by atoms with Gasteiger partial charge in [0.15, 0.2) is 0 Å². The Hall–Kier alpha value is -1.55. The van der Waals surface area contributed by atoms with Gasteiger partial charge < -0.3 is 4.74 Å². The summed E-state index contributed by atoms with van der Waals surface area (Å²) in [5.74, 6) is 0.0333. The van der Waals surface area contributed by atoms with Crippen LogP contribution in [0.2, 0.25) is 0 Å². The molecule has 1 aliphatic carbocycles. The smallest absolute Gasteiger partial charge is 0.376 e. The molecule has 0 aliphatic heterocycles. The van der Waals surface area contributed by atoms with E-state index in [2.05, 4.69) is 0 Å². The summed E-state index contributed by atoms with van der Waals surface area (Å²) >= 11 is 0. The summed E-state index contributed by atoms with van der Waals surface area (Å²) in [4.78, 5) is 21.9. The van der Waals surface area contributed by atoms with Gasteiger partial charge in [0.25, 0.3) is 0 Å². The quantitative estimate of drug-likeness (QED) is 0.595. The van der Waals surface area contributed by atoms with Gasteiger partial charge >= 0.3 is 5.97 Å². The second-order valence-electron chi connectivity index (χ2n) is 4.30. The zero-order chi connectivity index (χ0) is 12.8. The molecule has 0 saturated heterocycles. The molecule has 0 radical (unpaired) electrons. The van der Waals surface area contributed by atoms with Gasteiger partial charge in [0.2, 0.25) is 0 Å². The van der Waals surface area contributed by atoms with Gasteiger partial charge in [-0.1, -0.05) is 25.0 Å². The van der Waals surface area contributed by atoms with Crippen molar-refractivity contribution in [1.82, 2.24) is 0 Å². The average Bonchev–Trinajstić information content (AvgIpc) is 2.90. The van der Waals surface area contributed by atoms with Gasteiger partial charge in [-0.05, 0) is 31.9 Å². The van der Waals surface area contributed by atoms with E-state index in [-0.39, 0.29) is 6.10 Å². The van der Waals surface area contributed by atoms with Crippen molar-refractivity contribution in [3.05, 3.63) is 29.8 Å². The molecule has 1 saturated carbocycles. The van der Waals surface area contributed by atoms with Gasteiger partial charge in [0.05, 0.1) is 6.61 Å². The minimum absolute atomic E-state index is 0.0493. The summed E-state index contributed by atoms with van der Waals surface area (Å²) in [6.07, 6.45) is 4.24. The molecule has 4 heteroatoms. The average molecular weight is 250 g/mol. The summed E-state index contributed by atoms with van der Waals surface area (Å²) in [5.41, 5.74) is 0.400. The van der Waals surface area contributed by atoms with E-state index in [4.69, 9.17) is 14.5 Å². The summed E-state index contributed by atoms with van der Waals surface area (Å²) in [6.45, 7) is 2.38. The molecule has 0 unspecified atom stereocenters. The van der Waals surface area contributed by atoms with Crippen LogP contribution in [0.1, 0.15) is 43.0 Å². The lowest BCUT2D eigenvalue weighted by Crippen LogP contribution is -2.14. The van der Waals surface area contributed by atoms with Gasteiger partial charge in [0, 0.05) is 0 Å². The second-order valence-corrected chi connectivity index (χ2v) is 4.30. The summed E-state index contributed by atoms with van der Waals surface area (Å²) in [7, 11) is 0. The van der Waals surface area contributed by atoms with Gasteiger partial charge in [-0.3, -0.25) is 4.89 Å². The first-order chi connectivity index (χ1) is 8.81. The van der Waals surface area contributed by atoms with E-state index in [1.807, 2.05) is 13.0 Å². The SMILES string of the molecule is CCOc1ccccc1C(=O)OOC1CCCC1. The van der Waals surface area contributed by atoms with Crippen LogP contribution in [-0.4, -0.2) is 18.7 Å². The molecule has 18 heavy (non-hydrogen) atoms. The standard InChI is InChI=1S/C14H18O4/c1-2-16-13-10-6-5-9-12(13)14(15)18-17-11-7-3-4-8-11/h5-6,9-11H,2-4,7-8H2,1H3. The van der Waals surface area contributed by atoms with Gasteiger partial charge in [-0.25, -0.2) is 4.79 Å². The van der Waals surface area contributed by atoms with E-state index in [1.54, 1.807) is 18.2 Å². The van der Waals surface area contributed by atoms with Crippen LogP contribution in [0, 0.1) is 0 Å². The number of hydrogen-bond acceptors (Lipinski definition) is 4. The predicted octanol–water partition coefficient (Wildman–Crippen LogP) is 3.12. The Labute approximate surface area is 107 Å². The Morgan fingerprint density at radius 1 is 1.28 bits per heavy atom. The van der Waals surface area contributed by atoms with Crippen LogP contribution in [-0.2, 0) is 9.78 Å². The highest BCUT2D eigenvalue weighted by Crippen LogP contribution is 2.23. The van der Waals surface area contributed by atoms with Crippen molar-refractivity contribution >= 4 is 5.97 Å². The normalized spacial score (nSPS) is 15.6. The van der Waals surface area contributed by atoms with Crippen molar-refractivity contribution in [3.63, 3.8) is 0 Å². The van der Waals surface area contributed by atoms with E-state index in [1.165, 1.54) is 0 Å². The molecule has 0 aromatic heterocycles. The van der Waals surface area contributed by atoms with Crippen LogP contribution in [0.3, 0.4) is 0 Å². The van der Waals surface area contributed by atoms with E-state index in [9.17, 15) is 4.79 Å². The van der Waals surface area contributed by atoms with Crippen LogP contribution in [0.4, 0.5) is 0 Å². The Balaban J connectivity index is 1.94. The zero-order valence-corrected chi connectivity index (χ0v) is 10.6. The van der Waals surface area contributed by atoms with Crippen molar-refractivity contribution in [3.8, 4) is 5.75 Å². The van der Waals surface area contributed by atoms with E-state index in [0.29, 0.717) is 17.9 Å². The molecule has 1 aromatic rings. The van der Waals surface area contributed by atoms with Crippen molar-refractivity contribution in [2.24, 2.45) is 0 Å². The maximum atomic E-state index is 11.9. The molecule has 0 spiro atoms. The Kier molecular flexibility index (Phi) is 4.59. The van der Waals surface area contributed by atoms with Gasteiger partial charge in [0.1, 0.15) is 17.4 Å². The van der Waals surface area contributed by atoms with Crippen molar-refractivity contribution in [1.29, 1.82) is 0 Å². The molecule has 1 fully saturated rings. The van der Waals surface area contributed by atoms with Crippen LogP contribution in [0.25, 0.3) is 0 Å². The molecule has 98 valence electrons. The molecule has 0 atom stereocenters.